The fourth-order valence-electron chi connectivity index (χ4n) is 3.22. The van der Waals surface area contributed by atoms with E-state index in [2.05, 4.69) is 10.2 Å². The van der Waals surface area contributed by atoms with E-state index in [4.69, 9.17) is 0 Å². The van der Waals surface area contributed by atoms with Gasteiger partial charge in [0.05, 0.1) is 12.1 Å². The number of likely N-dealkylation sites (tertiary alicyclic amines) is 1. The van der Waals surface area contributed by atoms with Crippen LogP contribution in [0.15, 0.2) is 30.3 Å². The van der Waals surface area contributed by atoms with Crippen molar-refractivity contribution in [2.24, 2.45) is 5.92 Å². The number of nitrogens with zero attached hydrogens (tertiary/aromatic N) is 2. The number of amides is 2. The van der Waals surface area contributed by atoms with E-state index in [9.17, 15) is 9.59 Å². The number of nitrogens with one attached hydrogen (secondary N) is 1. The molecule has 1 aromatic carbocycles. The van der Waals surface area contributed by atoms with Gasteiger partial charge >= 0.3 is 0 Å². The van der Waals surface area contributed by atoms with E-state index in [0.29, 0.717) is 0 Å². The predicted octanol–water partition coefficient (Wildman–Crippen LogP) is 2.05. The summed E-state index contributed by atoms with van der Waals surface area (Å²) < 4.78 is 0. The molecule has 1 aliphatic rings. The number of piperidine rings is 1. The SMILES string of the molecule is CC(NC(=O)C(C)N1CCC(C(=O)N(C)C)CC1)c1ccccc1. The topological polar surface area (TPSA) is 52.7 Å². The molecule has 0 saturated carbocycles. The van der Waals surface area contributed by atoms with Gasteiger partial charge in [-0.05, 0) is 45.3 Å². The number of benzene rings is 1. The van der Waals surface area contributed by atoms with Gasteiger partial charge in [-0.1, -0.05) is 30.3 Å². The molecule has 0 bridgehead atoms. The zero-order valence-electron chi connectivity index (χ0n) is 15.2. The molecule has 1 fully saturated rings. The summed E-state index contributed by atoms with van der Waals surface area (Å²) in [5, 5.41) is 3.09. The Hall–Kier alpha value is -1.88. The van der Waals surface area contributed by atoms with Gasteiger partial charge in [0.2, 0.25) is 11.8 Å². The molecule has 1 aromatic rings. The second kappa shape index (κ2) is 8.29. The highest BCUT2D eigenvalue weighted by atomic mass is 16.2. The van der Waals surface area contributed by atoms with E-state index in [-0.39, 0.29) is 29.8 Å². The van der Waals surface area contributed by atoms with Gasteiger partial charge in [0.15, 0.2) is 0 Å². The molecular weight excluding hydrogens is 302 g/mol. The summed E-state index contributed by atoms with van der Waals surface area (Å²) in [6, 6.07) is 9.80. The summed E-state index contributed by atoms with van der Waals surface area (Å²) in [6.07, 6.45) is 1.64. The van der Waals surface area contributed by atoms with E-state index in [1.54, 1.807) is 19.0 Å². The molecule has 5 nitrogen and oxygen atoms in total. The van der Waals surface area contributed by atoms with Crippen LogP contribution in [0.5, 0.6) is 0 Å². The van der Waals surface area contributed by atoms with Gasteiger partial charge in [0.1, 0.15) is 0 Å². The van der Waals surface area contributed by atoms with Crippen molar-refractivity contribution in [2.75, 3.05) is 27.2 Å². The van der Waals surface area contributed by atoms with E-state index in [1.807, 2.05) is 44.2 Å². The molecule has 132 valence electrons. The number of carbonyl (C=O) groups is 2. The molecule has 0 aromatic heterocycles. The van der Waals surface area contributed by atoms with E-state index in [0.717, 1.165) is 31.5 Å². The van der Waals surface area contributed by atoms with Crippen molar-refractivity contribution in [3.8, 4) is 0 Å². The van der Waals surface area contributed by atoms with Crippen LogP contribution in [-0.4, -0.2) is 54.8 Å². The van der Waals surface area contributed by atoms with Gasteiger partial charge in [-0.2, -0.15) is 0 Å². The summed E-state index contributed by atoms with van der Waals surface area (Å²) in [7, 11) is 3.60. The normalized spacial score (nSPS) is 18.7. The fourth-order valence-corrected chi connectivity index (χ4v) is 3.22. The monoisotopic (exact) mass is 331 g/mol. The Morgan fingerprint density at radius 1 is 1.12 bits per heavy atom. The van der Waals surface area contributed by atoms with Gasteiger partial charge < -0.3 is 10.2 Å². The van der Waals surface area contributed by atoms with Gasteiger partial charge in [0.25, 0.3) is 0 Å². The smallest absolute Gasteiger partial charge is 0.237 e. The molecule has 1 aliphatic heterocycles. The Labute approximate surface area is 145 Å². The van der Waals surface area contributed by atoms with Crippen molar-refractivity contribution in [1.82, 2.24) is 15.1 Å². The molecule has 0 radical (unpaired) electrons. The molecular formula is C19H29N3O2. The molecule has 2 atom stereocenters. The molecule has 5 heteroatoms. The quantitative estimate of drug-likeness (QED) is 0.898. The average Bonchev–Trinajstić information content (AvgIpc) is 2.61. The third-order valence-electron chi connectivity index (χ3n) is 4.91. The lowest BCUT2D eigenvalue weighted by molar-refractivity contribution is -0.135. The molecule has 2 amide bonds. The van der Waals surface area contributed by atoms with Crippen LogP contribution in [0.4, 0.5) is 0 Å². The highest BCUT2D eigenvalue weighted by Gasteiger charge is 2.30. The number of carbonyl (C=O) groups excluding carboxylic acids is 2. The number of hydrogen-bond acceptors (Lipinski definition) is 3. The standard InChI is InChI=1S/C19H29N3O2/c1-14(16-8-6-5-7-9-16)20-18(23)15(2)22-12-10-17(11-13-22)19(24)21(3)4/h5-9,14-15,17H,10-13H2,1-4H3,(H,20,23). The Kier molecular flexibility index (Phi) is 6.37. The Morgan fingerprint density at radius 3 is 2.25 bits per heavy atom. The molecule has 24 heavy (non-hydrogen) atoms. The zero-order valence-corrected chi connectivity index (χ0v) is 15.2. The summed E-state index contributed by atoms with van der Waals surface area (Å²) >= 11 is 0. The molecule has 1 N–H and O–H groups in total. The minimum absolute atomic E-state index is 0.00555. The Bertz CT molecular complexity index is 551. The maximum absolute atomic E-state index is 12.5. The van der Waals surface area contributed by atoms with Crippen LogP contribution in [0.2, 0.25) is 0 Å². The van der Waals surface area contributed by atoms with Crippen LogP contribution in [0, 0.1) is 5.92 Å². The molecule has 1 saturated heterocycles. The van der Waals surface area contributed by atoms with Crippen molar-refractivity contribution >= 4 is 11.8 Å². The molecule has 1 heterocycles. The lowest BCUT2D eigenvalue weighted by Gasteiger charge is -2.35. The van der Waals surface area contributed by atoms with Crippen molar-refractivity contribution in [1.29, 1.82) is 0 Å². The molecule has 0 aliphatic carbocycles. The van der Waals surface area contributed by atoms with Crippen LogP contribution in [0.25, 0.3) is 0 Å². The maximum Gasteiger partial charge on any atom is 0.237 e. The summed E-state index contributed by atoms with van der Waals surface area (Å²) in [5.74, 6) is 0.336. The zero-order chi connectivity index (χ0) is 17.7. The van der Waals surface area contributed by atoms with Crippen LogP contribution in [0.3, 0.4) is 0 Å². The lowest BCUT2D eigenvalue weighted by atomic mass is 9.94. The summed E-state index contributed by atoms with van der Waals surface area (Å²) in [5.41, 5.74) is 1.10. The molecule has 0 spiro atoms. The summed E-state index contributed by atoms with van der Waals surface area (Å²) in [4.78, 5) is 28.4. The van der Waals surface area contributed by atoms with Crippen molar-refractivity contribution < 1.29 is 9.59 Å². The van der Waals surface area contributed by atoms with E-state index in [1.165, 1.54) is 0 Å². The minimum Gasteiger partial charge on any atom is -0.349 e. The largest absolute Gasteiger partial charge is 0.349 e. The first-order chi connectivity index (χ1) is 11.4. The first-order valence-corrected chi connectivity index (χ1v) is 8.70. The highest BCUT2D eigenvalue weighted by Crippen LogP contribution is 2.21. The Morgan fingerprint density at radius 2 is 1.71 bits per heavy atom. The maximum atomic E-state index is 12.5. The first-order valence-electron chi connectivity index (χ1n) is 8.70. The third-order valence-corrected chi connectivity index (χ3v) is 4.91. The van der Waals surface area contributed by atoms with Crippen molar-refractivity contribution in [3.05, 3.63) is 35.9 Å². The second-order valence-corrected chi connectivity index (χ2v) is 6.86. The fraction of sp³-hybridized carbons (Fsp3) is 0.579. The third kappa shape index (κ3) is 4.57. The van der Waals surface area contributed by atoms with Crippen LogP contribution in [-0.2, 0) is 9.59 Å². The van der Waals surface area contributed by atoms with Gasteiger partial charge in [-0.15, -0.1) is 0 Å². The lowest BCUT2D eigenvalue weighted by Crippen LogP contribution is -2.50. The highest BCUT2D eigenvalue weighted by molar-refractivity contribution is 5.82. The average molecular weight is 331 g/mol. The second-order valence-electron chi connectivity index (χ2n) is 6.86. The van der Waals surface area contributed by atoms with Gasteiger partial charge in [0, 0.05) is 20.0 Å². The minimum atomic E-state index is -0.174. The number of rotatable bonds is 5. The number of hydrogen-bond donors (Lipinski definition) is 1. The first kappa shape index (κ1) is 18.5. The van der Waals surface area contributed by atoms with Gasteiger partial charge in [-0.25, -0.2) is 0 Å². The van der Waals surface area contributed by atoms with Crippen LogP contribution >= 0.6 is 0 Å². The Balaban J connectivity index is 1.85. The summed E-state index contributed by atoms with van der Waals surface area (Å²) in [6.45, 7) is 5.53. The van der Waals surface area contributed by atoms with Crippen LogP contribution < -0.4 is 5.32 Å². The molecule has 2 unspecified atom stereocenters. The van der Waals surface area contributed by atoms with Crippen molar-refractivity contribution in [2.45, 2.75) is 38.8 Å². The van der Waals surface area contributed by atoms with E-state index >= 15 is 0 Å². The predicted molar refractivity (Wildman–Crippen MR) is 95.5 cm³/mol. The molecule has 2 rings (SSSR count). The van der Waals surface area contributed by atoms with E-state index < -0.39 is 0 Å². The van der Waals surface area contributed by atoms with Crippen molar-refractivity contribution in [3.63, 3.8) is 0 Å². The van der Waals surface area contributed by atoms with Gasteiger partial charge in [-0.3, -0.25) is 14.5 Å². The van der Waals surface area contributed by atoms with Crippen LogP contribution in [0.1, 0.15) is 38.3 Å².